The summed E-state index contributed by atoms with van der Waals surface area (Å²) < 4.78 is 5.07. The van der Waals surface area contributed by atoms with Crippen molar-refractivity contribution in [2.24, 2.45) is 0 Å². The highest BCUT2D eigenvalue weighted by atomic mass is 32.1. The van der Waals surface area contributed by atoms with Gasteiger partial charge < -0.3 is 25.3 Å². The predicted molar refractivity (Wildman–Crippen MR) is 114 cm³/mol. The zero-order valence-electron chi connectivity index (χ0n) is 16.3. The van der Waals surface area contributed by atoms with Gasteiger partial charge in [-0.2, -0.15) is 11.3 Å². The van der Waals surface area contributed by atoms with Crippen molar-refractivity contribution in [3.8, 4) is 0 Å². The fraction of sp³-hybridized carbons (Fsp3) is 0.238. The molecule has 0 aliphatic rings. The van der Waals surface area contributed by atoms with E-state index in [1.807, 2.05) is 31.6 Å². The molecule has 3 rings (SSSR count). The monoisotopic (exact) mass is 412 g/mol. The van der Waals surface area contributed by atoms with Crippen LogP contribution < -0.4 is 16.0 Å². The van der Waals surface area contributed by atoms with Gasteiger partial charge in [0.05, 0.1) is 12.3 Å². The SMILES string of the molecule is CN(C)[C@@H](CNC(=O)NCc1ccc(NC(=O)c2ccco2)cc1)c1ccsc1. The van der Waals surface area contributed by atoms with Crippen molar-refractivity contribution in [1.29, 1.82) is 0 Å². The van der Waals surface area contributed by atoms with Crippen molar-refractivity contribution in [3.63, 3.8) is 0 Å². The number of hydrogen-bond donors (Lipinski definition) is 3. The van der Waals surface area contributed by atoms with Gasteiger partial charge in [0.1, 0.15) is 0 Å². The Morgan fingerprint density at radius 3 is 2.52 bits per heavy atom. The third-order valence-corrected chi connectivity index (χ3v) is 5.12. The third-order valence-electron chi connectivity index (χ3n) is 4.42. The van der Waals surface area contributed by atoms with Crippen LogP contribution in [0.25, 0.3) is 0 Å². The van der Waals surface area contributed by atoms with Gasteiger partial charge in [0.2, 0.25) is 0 Å². The maximum Gasteiger partial charge on any atom is 0.315 e. The lowest BCUT2D eigenvalue weighted by Gasteiger charge is -2.24. The smallest absolute Gasteiger partial charge is 0.315 e. The number of furan rings is 1. The number of thiophene rings is 1. The number of amides is 3. The molecule has 7 nitrogen and oxygen atoms in total. The molecule has 0 saturated heterocycles. The Morgan fingerprint density at radius 1 is 1.10 bits per heavy atom. The number of hydrogen-bond acceptors (Lipinski definition) is 5. The standard InChI is InChI=1S/C21H24N4O3S/c1-25(2)18(16-9-11-29-14-16)13-23-21(27)22-12-15-5-7-17(8-6-15)24-20(26)19-4-3-10-28-19/h3-11,14,18H,12-13H2,1-2H3,(H,24,26)(H2,22,23,27)/t18-/m0/s1. The highest BCUT2D eigenvalue weighted by Crippen LogP contribution is 2.20. The zero-order chi connectivity index (χ0) is 20.6. The number of nitrogens with one attached hydrogen (secondary N) is 3. The van der Waals surface area contributed by atoms with Crippen molar-refractivity contribution in [2.45, 2.75) is 12.6 Å². The molecule has 3 amide bonds. The number of likely N-dealkylation sites (N-methyl/N-ethyl adjacent to an activating group) is 1. The average Bonchev–Trinajstić information content (AvgIpc) is 3.41. The third kappa shape index (κ3) is 5.94. The second-order valence-corrected chi connectivity index (χ2v) is 7.51. The van der Waals surface area contributed by atoms with Gasteiger partial charge in [0.25, 0.3) is 5.91 Å². The summed E-state index contributed by atoms with van der Waals surface area (Å²) in [6.07, 6.45) is 1.45. The van der Waals surface area contributed by atoms with E-state index in [0.717, 1.165) is 5.56 Å². The predicted octanol–water partition coefficient (Wildman–Crippen LogP) is 3.70. The van der Waals surface area contributed by atoms with Crippen LogP contribution in [0.2, 0.25) is 0 Å². The quantitative estimate of drug-likeness (QED) is 0.527. The molecule has 152 valence electrons. The van der Waals surface area contributed by atoms with Crippen LogP contribution in [0.4, 0.5) is 10.5 Å². The average molecular weight is 413 g/mol. The van der Waals surface area contributed by atoms with E-state index in [2.05, 4.69) is 32.3 Å². The van der Waals surface area contributed by atoms with Crippen LogP contribution in [0.3, 0.4) is 0 Å². The summed E-state index contributed by atoms with van der Waals surface area (Å²) in [5.74, 6) is -0.0489. The molecule has 2 heterocycles. The Bertz CT molecular complexity index is 906. The van der Waals surface area contributed by atoms with Crippen LogP contribution in [0.5, 0.6) is 0 Å². The number of carbonyl (C=O) groups excluding carboxylic acids is 2. The molecule has 3 aromatic rings. The molecular formula is C21H24N4O3S. The first-order chi connectivity index (χ1) is 14.0. The maximum atomic E-state index is 12.2. The van der Waals surface area contributed by atoms with E-state index in [9.17, 15) is 9.59 Å². The molecule has 0 aliphatic carbocycles. The molecule has 0 bridgehead atoms. The molecule has 0 aliphatic heterocycles. The van der Waals surface area contributed by atoms with Gasteiger partial charge in [-0.1, -0.05) is 12.1 Å². The Hall–Kier alpha value is -3.10. The summed E-state index contributed by atoms with van der Waals surface area (Å²) in [6.45, 7) is 0.913. The number of anilines is 1. The molecule has 8 heteroatoms. The second-order valence-electron chi connectivity index (χ2n) is 6.73. The minimum Gasteiger partial charge on any atom is -0.459 e. The van der Waals surface area contributed by atoms with Gasteiger partial charge >= 0.3 is 6.03 Å². The first-order valence-corrected chi connectivity index (χ1v) is 10.1. The van der Waals surface area contributed by atoms with Gasteiger partial charge in [0, 0.05) is 18.8 Å². The van der Waals surface area contributed by atoms with Crippen LogP contribution in [-0.4, -0.2) is 37.5 Å². The number of urea groups is 1. The summed E-state index contributed by atoms with van der Waals surface area (Å²) >= 11 is 1.64. The van der Waals surface area contributed by atoms with Crippen molar-refractivity contribution in [1.82, 2.24) is 15.5 Å². The lowest BCUT2D eigenvalue weighted by Crippen LogP contribution is -2.40. The first kappa shape index (κ1) is 20.6. The van der Waals surface area contributed by atoms with Crippen LogP contribution >= 0.6 is 11.3 Å². The van der Waals surface area contributed by atoms with Gasteiger partial charge in [0.15, 0.2) is 5.76 Å². The van der Waals surface area contributed by atoms with E-state index >= 15 is 0 Å². The summed E-state index contributed by atoms with van der Waals surface area (Å²) in [5, 5.41) is 12.7. The van der Waals surface area contributed by atoms with Crippen LogP contribution in [-0.2, 0) is 6.54 Å². The van der Waals surface area contributed by atoms with Crippen molar-refractivity contribution in [3.05, 3.63) is 76.4 Å². The minimum atomic E-state index is -0.304. The Labute approximate surface area is 173 Å². The van der Waals surface area contributed by atoms with E-state index < -0.39 is 0 Å². The largest absolute Gasteiger partial charge is 0.459 e. The van der Waals surface area contributed by atoms with Crippen LogP contribution in [0.15, 0.2) is 63.9 Å². The van der Waals surface area contributed by atoms with E-state index in [1.165, 1.54) is 11.8 Å². The molecule has 0 radical (unpaired) electrons. The maximum absolute atomic E-state index is 12.2. The molecule has 0 fully saturated rings. The Balaban J connectivity index is 1.44. The van der Waals surface area contributed by atoms with Gasteiger partial charge in [-0.05, 0) is 66.3 Å². The summed E-state index contributed by atoms with van der Waals surface area (Å²) in [7, 11) is 3.99. The fourth-order valence-corrected chi connectivity index (χ4v) is 3.51. The molecule has 0 spiro atoms. The second kappa shape index (κ2) is 9.90. The molecule has 1 aromatic carbocycles. The first-order valence-electron chi connectivity index (χ1n) is 9.17. The topological polar surface area (TPSA) is 86.6 Å². The molecule has 1 atom stereocenters. The van der Waals surface area contributed by atoms with Gasteiger partial charge in [-0.15, -0.1) is 0 Å². The van der Waals surface area contributed by atoms with Crippen LogP contribution in [0, 0.1) is 0 Å². The summed E-state index contributed by atoms with van der Waals surface area (Å²) in [4.78, 5) is 26.2. The molecule has 3 N–H and O–H groups in total. The normalized spacial score (nSPS) is 11.8. The summed E-state index contributed by atoms with van der Waals surface area (Å²) in [6, 6.07) is 12.5. The molecule has 29 heavy (non-hydrogen) atoms. The minimum absolute atomic E-state index is 0.129. The van der Waals surface area contributed by atoms with E-state index in [4.69, 9.17) is 4.42 Å². The van der Waals surface area contributed by atoms with E-state index in [1.54, 1.807) is 35.6 Å². The van der Waals surface area contributed by atoms with E-state index in [-0.39, 0.29) is 23.7 Å². The number of rotatable bonds is 8. The van der Waals surface area contributed by atoms with Crippen LogP contribution in [0.1, 0.15) is 27.7 Å². The van der Waals surface area contributed by atoms with Gasteiger partial charge in [-0.25, -0.2) is 4.79 Å². The van der Waals surface area contributed by atoms with Crippen molar-refractivity contribution < 1.29 is 14.0 Å². The Kier molecular flexibility index (Phi) is 7.04. The van der Waals surface area contributed by atoms with E-state index in [0.29, 0.717) is 18.8 Å². The Morgan fingerprint density at radius 2 is 1.90 bits per heavy atom. The fourth-order valence-electron chi connectivity index (χ4n) is 2.80. The number of carbonyl (C=O) groups is 2. The molecule has 2 aromatic heterocycles. The number of benzene rings is 1. The van der Waals surface area contributed by atoms with Crippen molar-refractivity contribution >= 4 is 29.0 Å². The summed E-state index contributed by atoms with van der Waals surface area (Å²) in [5.41, 5.74) is 2.77. The highest BCUT2D eigenvalue weighted by Gasteiger charge is 2.15. The lowest BCUT2D eigenvalue weighted by molar-refractivity contribution is 0.0996. The van der Waals surface area contributed by atoms with Crippen molar-refractivity contribution in [2.75, 3.05) is 26.0 Å². The lowest BCUT2D eigenvalue weighted by atomic mass is 10.1. The molecule has 0 unspecified atom stereocenters. The van der Waals surface area contributed by atoms with Gasteiger partial charge in [-0.3, -0.25) is 4.79 Å². The molecule has 0 saturated carbocycles. The highest BCUT2D eigenvalue weighted by molar-refractivity contribution is 7.07. The zero-order valence-corrected chi connectivity index (χ0v) is 17.2. The molecular weight excluding hydrogens is 388 g/mol. The number of nitrogens with zero attached hydrogens (tertiary/aromatic N) is 1.